The van der Waals surface area contributed by atoms with Crippen molar-refractivity contribution in [3.8, 4) is 22.8 Å². The minimum Gasteiger partial charge on any atom is -0.465 e. The van der Waals surface area contributed by atoms with Crippen molar-refractivity contribution in [2.45, 2.75) is 5.41 Å². The lowest BCUT2D eigenvalue weighted by Crippen LogP contribution is -2.50. The van der Waals surface area contributed by atoms with Crippen molar-refractivity contribution >= 4 is 23.5 Å². The van der Waals surface area contributed by atoms with E-state index in [1.807, 2.05) is 60.7 Å². The van der Waals surface area contributed by atoms with Crippen LogP contribution in [0.25, 0.3) is 16.9 Å². The number of amides is 2. The summed E-state index contributed by atoms with van der Waals surface area (Å²) >= 11 is 0. The average Bonchev–Trinajstić information content (AvgIpc) is 3.44. The van der Waals surface area contributed by atoms with E-state index in [2.05, 4.69) is 0 Å². The number of hydrogen-bond donors (Lipinski definition) is 2. The summed E-state index contributed by atoms with van der Waals surface area (Å²) in [6.45, 7) is -0.407. The van der Waals surface area contributed by atoms with Crippen LogP contribution in [0.5, 0.6) is 5.88 Å². The molecule has 1 atom stereocenters. The van der Waals surface area contributed by atoms with Gasteiger partial charge in [-0.2, -0.15) is 9.78 Å². The topological polar surface area (TPSA) is 143 Å². The fourth-order valence-corrected chi connectivity index (χ4v) is 5.45. The molecule has 1 spiro atoms. The number of para-hydroxylation sites is 2. The van der Waals surface area contributed by atoms with Crippen molar-refractivity contribution in [2.24, 2.45) is 11.5 Å². The summed E-state index contributed by atoms with van der Waals surface area (Å²) in [5, 5.41) is 4.89. The molecule has 6 rings (SSSR count). The average molecular weight is 522 g/mol. The molecule has 39 heavy (non-hydrogen) atoms. The van der Waals surface area contributed by atoms with E-state index in [-0.39, 0.29) is 17.3 Å². The van der Waals surface area contributed by atoms with E-state index >= 15 is 0 Å². The van der Waals surface area contributed by atoms with Gasteiger partial charge in [-0.25, -0.2) is 4.79 Å². The molecular weight excluding hydrogens is 498 g/mol. The van der Waals surface area contributed by atoms with Crippen molar-refractivity contribution in [3.63, 3.8) is 0 Å². The van der Waals surface area contributed by atoms with Crippen LogP contribution in [0.3, 0.4) is 0 Å². The van der Waals surface area contributed by atoms with Gasteiger partial charge in [-0.3, -0.25) is 9.59 Å². The van der Waals surface area contributed by atoms with E-state index < -0.39 is 29.7 Å². The van der Waals surface area contributed by atoms with Gasteiger partial charge in [-0.05, 0) is 18.2 Å². The molecule has 0 bridgehead atoms. The maximum absolute atomic E-state index is 14.7. The number of nitrogens with two attached hydrogens (primary N) is 2. The highest BCUT2D eigenvalue weighted by Gasteiger charge is 2.63. The number of esters is 1. The summed E-state index contributed by atoms with van der Waals surface area (Å²) in [5.74, 6) is -2.32. The molecule has 3 heterocycles. The zero-order valence-electron chi connectivity index (χ0n) is 20.8. The summed E-state index contributed by atoms with van der Waals surface area (Å²) in [4.78, 5) is 41.5. The number of primary amides is 1. The Hall–Kier alpha value is -5.38. The number of methoxy groups -OCH3 is 1. The number of rotatable bonds is 5. The predicted molar refractivity (Wildman–Crippen MR) is 142 cm³/mol. The van der Waals surface area contributed by atoms with Crippen LogP contribution < -0.4 is 21.1 Å². The van der Waals surface area contributed by atoms with Crippen LogP contribution in [0, 0.1) is 0 Å². The van der Waals surface area contributed by atoms with Crippen LogP contribution in [0.15, 0.2) is 96.4 Å². The van der Waals surface area contributed by atoms with Crippen LogP contribution in [0.4, 0.5) is 5.69 Å². The van der Waals surface area contributed by atoms with Crippen molar-refractivity contribution in [1.82, 2.24) is 9.78 Å². The number of anilines is 1. The molecule has 1 aromatic heterocycles. The zero-order chi connectivity index (χ0) is 27.3. The quantitative estimate of drug-likeness (QED) is 0.384. The second-order valence-corrected chi connectivity index (χ2v) is 9.10. The molecule has 2 aliphatic heterocycles. The van der Waals surface area contributed by atoms with E-state index in [0.717, 1.165) is 0 Å². The Labute approximate surface area is 223 Å². The van der Waals surface area contributed by atoms with Crippen LogP contribution in [-0.2, 0) is 24.5 Å². The summed E-state index contributed by atoms with van der Waals surface area (Å²) in [7, 11) is 1.20. The van der Waals surface area contributed by atoms with E-state index in [9.17, 15) is 14.4 Å². The van der Waals surface area contributed by atoms with Crippen molar-refractivity contribution in [2.75, 3.05) is 18.6 Å². The summed E-state index contributed by atoms with van der Waals surface area (Å²) in [6, 6.07) is 25.3. The van der Waals surface area contributed by atoms with Crippen molar-refractivity contribution < 1.29 is 23.9 Å². The smallest absolute Gasteiger partial charge is 0.340 e. The first kappa shape index (κ1) is 24.0. The molecule has 0 fully saturated rings. The number of aromatic nitrogens is 2. The highest BCUT2D eigenvalue weighted by atomic mass is 16.5. The van der Waals surface area contributed by atoms with Gasteiger partial charge in [-0.1, -0.05) is 66.7 Å². The van der Waals surface area contributed by atoms with Gasteiger partial charge in [-0.15, -0.1) is 0 Å². The number of carbonyl (C=O) groups excluding carboxylic acids is 3. The largest absolute Gasteiger partial charge is 0.465 e. The van der Waals surface area contributed by atoms with E-state index in [1.165, 1.54) is 12.0 Å². The number of carbonyl (C=O) groups is 3. The lowest BCUT2D eigenvalue weighted by atomic mass is 9.68. The van der Waals surface area contributed by atoms with Gasteiger partial charge in [0.25, 0.3) is 0 Å². The fraction of sp³-hybridized carbons (Fsp3) is 0.103. The second kappa shape index (κ2) is 8.88. The SMILES string of the molecule is COC(=O)C1=C(N)Oc2c(c(-c3ccccc3)nn2-c2ccccc2)C12C(=O)N(CC(N)=O)c1ccccc12. The molecule has 4 N–H and O–H groups in total. The molecule has 0 radical (unpaired) electrons. The second-order valence-electron chi connectivity index (χ2n) is 9.10. The zero-order valence-corrected chi connectivity index (χ0v) is 20.8. The van der Waals surface area contributed by atoms with Gasteiger partial charge in [0.05, 0.1) is 18.4 Å². The lowest BCUT2D eigenvalue weighted by Gasteiger charge is -2.34. The molecule has 4 aromatic rings. The number of nitrogens with zero attached hydrogens (tertiary/aromatic N) is 3. The van der Waals surface area contributed by atoms with Gasteiger partial charge in [0.1, 0.15) is 23.2 Å². The molecule has 0 aliphatic carbocycles. The molecule has 3 aromatic carbocycles. The first-order valence-electron chi connectivity index (χ1n) is 12.1. The Morgan fingerprint density at radius 2 is 1.62 bits per heavy atom. The first-order valence-corrected chi connectivity index (χ1v) is 12.1. The van der Waals surface area contributed by atoms with Crippen LogP contribution in [-0.4, -0.2) is 41.2 Å². The van der Waals surface area contributed by atoms with Gasteiger partial charge in [0.2, 0.25) is 23.6 Å². The molecular formula is C29H23N5O5. The maximum atomic E-state index is 14.7. The predicted octanol–water partition coefficient (Wildman–Crippen LogP) is 2.39. The number of hydrogen-bond acceptors (Lipinski definition) is 7. The van der Waals surface area contributed by atoms with E-state index in [1.54, 1.807) is 28.9 Å². The van der Waals surface area contributed by atoms with Crippen LogP contribution in [0.1, 0.15) is 11.1 Å². The monoisotopic (exact) mass is 521 g/mol. The Kier molecular flexibility index (Phi) is 5.46. The molecule has 194 valence electrons. The Balaban J connectivity index is 1.78. The van der Waals surface area contributed by atoms with Gasteiger partial charge in [0.15, 0.2) is 0 Å². The third-order valence-electron chi connectivity index (χ3n) is 6.96. The van der Waals surface area contributed by atoms with E-state index in [0.29, 0.717) is 33.8 Å². The minimum absolute atomic E-state index is 0.161. The summed E-state index contributed by atoms with van der Waals surface area (Å²) < 4.78 is 12.8. The van der Waals surface area contributed by atoms with Crippen LogP contribution in [0.2, 0.25) is 0 Å². The highest BCUT2D eigenvalue weighted by molar-refractivity contribution is 6.20. The van der Waals surface area contributed by atoms with Crippen molar-refractivity contribution in [3.05, 3.63) is 108 Å². The molecule has 10 nitrogen and oxygen atoms in total. The molecule has 2 aliphatic rings. The number of benzene rings is 3. The summed E-state index contributed by atoms with van der Waals surface area (Å²) in [5.41, 5.74) is 12.8. The Bertz CT molecular complexity index is 1680. The van der Waals surface area contributed by atoms with E-state index in [4.69, 9.17) is 26.0 Å². The highest BCUT2D eigenvalue weighted by Crippen LogP contribution is 2.58. The molecule has 0 saturated carbocycles. The first-order chi connectivity index (χ1) is 18.9. The third kappa shape index (κ3) is 3.35. The molecule has 0 saturated heterocycles. The number of fused-ring (bicyclic) bond motifs is 4. The Morgan fingerprint density at radius 3 is 2.28 bits per heavy atom. The summed E-state index contributed by atoms with van der Waals surface area (Å²) in [6.07, 6.45) is 0. The van der Waals surface area contributed by atoms with Gasteiger partial charge >= 0.3 is 5.97 Å². The Morgan fingerprint density at radius 1 is 0.974 bits per heavy atom. The number of ether oxygens (including phenoxy) is 2. The third-order valence-corrected chi connectivity index (χ3v) is 6.96. The van der Waals surface area contributed by atoms with Gasteiger partial charge < -0.3 is 25.8 Å². The standard InChI is InChI=1S/C29H23N5O5/c1-38-27(36)23-25(31)39-26-22(29(23)19-14-8-9-15-20(19)33(28(29)37)16-21(30)35)24(17-10-4-2-5-11-17)32-34(26)18-12-6-3-7-13-18/h2-15H,16,31H2,1H3,(H2,30,35). The van der Waals surface area contributed by atoms with Gasteiger partial charge in [0, 0.05) is 16.8 Å². The fourth-order valence-electron chi connectivity index (χ4n) is 5.45. The van der Waals surface area contributed by atoms with Crippen molar-refractivity contribution in [1.29, 1.82) is 0 Å². The maximum Gasteiger partial charge on any atom is 0.340 e. The molecule has 10 heteroatoms. The normalized spacial score (nSPS) is 17.6. The molecule has 2 amide bonds. The molecule has 1 unspecified atom stereocenters. The van der Waals surface area contributed by atoms with Crippen LogP contribution >= 0.6 is 0 Å². The minimum atomic E-state index is -1.84. The lowest BCUT2D eigenvalue weighted by molar-refractivity contribution is -0.138.